The molecular weight excluding hydrogens is 483 g/mol. The van der Waals surface area contributed by atoms with Crippen LogP contribution < -0.4 is 10.1 Å². The van der Waals surface area contributed by atoms with Crippen molar-refractivity contribution >= 4 is 50.4 Å². The van der Waals surface area contributed by atoms with Crippen molar-refractivity contribution in [3.05, 3.63) is 112 Å². The lowest BCUT2D eigenvalue weighted by Gasteiger charge is -2.14. The van der Waals surface area contributed by atoms with Crippen molar-refractivity contribution in [2.75, 3.05) is 5.32 Å². The maximum absolute atomic E-state index is 6.26. The van der Waals surface area contributed by atoms with E-state index >= 15 is 0 Å². The molecule has 0 saturated carbocycles. The highest BCUT2D eigenvalue weighted by molar-refractivity contribution is 7.21. The minimum absolute atomic E-state index is 0.436. The zero-order valence-corrected chi connectivity index (χ0v) is 20.8. The van der Waals surface area contributed by atoms with E-state index in [4.69, 9.17) is 32.9 Å². The van der Waals surface area contributed by atoms with Gasteiger partial charge in [0.25, 0.3) is 0 Å². The Balaban J connectivity index is 1.27. The molecule has 0 radical (unpaired) electrons. The van der Waals surface area contributed by atoms with Crippen LogP contribution in [0.3, 0.4) is 0 Å². The molecular formula is C28H22Cl2N2OS. The van der Waals surface area contributed by atoms with Gasteiger partial charge in [0.05, 0.1) is 10.2 Å². The Labute approximate surface area is 213 Å². The quantitative estimate of drug-likeness (QED) is 0.240. The molecule has 0 aliphatic rings. The van der Waals surface area contributed by atoms with E-state index in [9.17, 15) is 0 Å². The van der Waals surface area contributed by atoms with Gasteiger partial charge in [-0.1, -0.05) is 41.4 Å². The lowest BCUT2D eigenvalue weighted by molar-refractivity contribution is 0.303. The smallest absolute Gasteiger partial charge is 0.124 e. The summed E-state index contributed by atoms with van der Waals surface area (Å²) in [5.74, 6) is 0.790. The first kappa shape index (κ1) is 22.7. The van der Waals surface area contributed by atoms with E-state index in [0.29, 0.717) is 23.2 Å². The molecule has 0 aliphatic heterocycles. The van der Waals surface area contributed by atoms with Gasteiger partial charge in [-0.2, -0.15) is 0 Å². The lowest BCUT2D eigenvalue weighted by Crippen LogP contribution is -2.04. The van der Waals surface area contributed by atoms with Crippen LogP contribution in [0.1, 0.15) is 16.7 Å². The number of thiazole rings is 1. The van der Waals surface area contributed by atoms with Gasteiger partial charge in [-0.15, -0.1) is 11.3 Å². The molecule has 0 bridgehead atoms. The second-order valence-corrected chi connectivity index (χ2v) is 10.00. The van der Waals surface area contributed by atoms with Crippen molar-refractivity contribution < 1.29 is 4.74 Å². The van der Waals surface area contributed by atoms with Crippen LogP contribution in [0, 0.1) is 6.92 Å². The first-order valence-corrected chi connectivity index (χ1v) is 12.5. The molecule has 1 aromatic heterocycles. The summed E-state index contributed by atoms with van der Waals surface area (Å²) < 4.78 is 7.28. The summed E-state index contributed by atoms with van der Waals surface area (Å²) >= 11 is 14.1. The van der Waals surface area contributed by atoms with Crippen LogP contribution in [0.15, 0.2) is 84.9 Å². The number of aryl methyl sites for hydroxylation is 1. The minimum atomic E-state index is 0.436. The molecule has 5 rings (SSSR count). The van der Waals surface area contributed by atoms with Crippen molar-refractivity contribution in [1.29, 1.82) is 0 Å². The fourth-order valence-electron chi connectivity index (χ4n) is 3.70. The summed E-state index contributed by atoms with van der Waals surface area (Å²) in [4.78, 5) is 4.78. The Morgan fingerprint density at radius 1 is 0.882 bits per heavy atom. The SMILES string of the molecule is Cc1ccc2nc(-c3ccc(NCc4cc(Cl)ccc4OCc4cccc(Cl)c4)cc3)sc2c1. The normalized spacial score (nSPS) is 11.0. The third-order valence-corrected chi connectivity index (χ3v) is 7.00. The average Bonchev–Trinajstić information content (AvgIpc) is 3.26. The number of benzene rings is 4. The maximum Gasteiger partial charge on any atom is 0.124 e. The summed E-state index contributed by atoms with van der Waals surface area (Å²) in [5, 5.41) is 5.87. The zero-order chi connectivity index (χ0) is 23.5. The summed E-state index contributed by atoms with van der Waals surface area (Å²) in [7, 11) is 0. The van der Waals surface area contributed by atoms with E-state index in [2.05, 4.69) is 54.7 Å². The summed E-state index contributed by atoms with van der Waals surface area (Å²) in [6.45, 7) is 3.13. The Hall–Kier alpha value is -3.05. The van der Waals surface area contributed by atoms with Crippen LogP contribution >= 0.6 is 34.5 Å². The van der Waals surface area contributed by atoms with Gasteiger partial charge in [-0.3, -0.25) is 0 Å². The van der Waals surface area contributed by atoms with Gasteiger partial charge < -0.3 is 10.1 Å². The summed E-state index contributed by atoms with van der Waals surface area (Å²) in [5.41, 5.74) is 6.42. The van der Waals surface area contributed by atoms with Gasteiger partial charge in [0, 0.05) is 33.4 Å². The van der Waals surface area contributed by atoms with Crippen molar-refractivity contribution in [2.24, 2.45) is 0 Å². The number of hydrogen-bond acceptors (Lipinski definition) is 4. The highest BCUT2D eigenvalue weighted by atomic mass is 35.5. The topological polar surface area (TPSA) is 34.2 Å². The molecule has 4 aromatic carbocycles. The molecule has 170 valence electrons. The molecule has 0 amide bonds. The molecule has 6 heteroatoms. The van der Waals surface area contributed by atoms with Gasteiger partial charge in [0.1, 0.15) is 17.4 Å². The second-order valence-electron chi connectivity index (χ2n) is 8.09. The monoisotopic (exact) mass is 504 g/mol. The van der Waals surface area contributed by atoms with Crippen molar-refractivity contribution in [1.82, 2.24) is 4.98 Å². The molecule has 34 heavy (non-hydrogen) atoms. The van der Waals surface area contributed by atoms with E-state index in [1.807, 2.05) is 42.5 Å². The molecule has 5 aromatic rings. The van der Waals surface area contributed by atoms with E-state index < -0.39 is 0 Å². The lowest BCUT2D eigenvalue weighted by atomic mass is 10.1. The van der Waals surface area contributed by atoms with Crippen LogP contribution in [0.5, 0.6) is 5.75 Å². The number of rotatable bonds is 7. The Morgan fingerprint density at radius 2 is 1.71 bits per heavy atom. The number of anilines is 1. The number of hydrogen-bond donors (Lipinski definition) is 1. The first-order chi connectivity index (χ1) is 16.5. The summed E-state index contributed by atoms with van der Waals surface area (Å²) in [6, 6.07) is 28.1. The van der Waals surface area contributed by atoms with Crippen molar-refractivity contribution in [3.8, 4) is 16.3 Å². The van der Waals surface area contributed by atoms with E-state index in [0.717, 1.165) is 38.7 Å². The van der Waals surface area contributed by atoms with E-state index in [-0.39, 0.29) is 0 Å². The molecule has 1 heterocycles. The van der Waals surface area contributed by atoms with Crippen LogP contribution in [0.2, 0.25) is 10.0 Å². The Bertz CT molecular complexity index is 1450. The predicted molar refractivity (Wildman–Crippen MR) is 144 cm³/mol. The van der Waals surface area contributed by atoms with Crippen LogP contribution in [-0.4, -0.2) is 4.98 Å². The van der Waals surface area contributed by atoms with Gasteiger partial charge in [0.2, 0.25) is 0 Å². The third kappa shape index (κ3) is 5.36. The Morgan fingerprint density at radius 3 is 2.53 bits per heavy atom. The van der Waals surface area contributed by atoms with Gasteiger partial charge in [-0.05, 0) is 84.8 Å². The van der Waals surface area contributed by atoms with Crippen LogP contribution in [0.25, 0.3) is 20.8 Å². The number of ether oxygens (including phenoxy) is 1. The molecule has 0 fully saturated rings. The summed E-state index contributed by atoms with van der Waals surface area (Å²) in [6.07, 6.45) is 0. The van der Waals surface area contributed by atoms with E-state index in [1.165, 1.54) is 10.3 Å². The number of aromatic nitrogens is 1. The highest BCUT2D eigenvalue weighted by Crippen LogP contribution is 2.32. The van der Waals surface area contributed by atoms with E-state index in [1.54, 1.807) is 11.3 Å². The predicted octanol–water partition coefficient (Wildman–Crippen LogP) is 8.77. The third-order valence-electron chi connectivity index (χ3n) is 5.46. The molecule has 0 atom stereocenters. The zero-order valence-electron chi connectivity index (χ0n) is 18.5. The fraction of sp³-hybridized carbons (Fsp3) is 0.107. The number of halogens is 2. The average molecular weight is 505 g/mol. The Kier molecular flexibility index (Phi) is 6.73. The van der Waals surface area contributed by atoms with Crippen molar-refractivity contribution in [2.45, 2.75) is 20.1 Å². The van der Waals surface area contributed by atoms with Crippen LogP contribution in [-0.2, 0) is 13.2 Å². The fourth-order valence-corrected chi connectivity index (χ4v) is 5.17. The largest absolute Gasteiger partial charge is 0.489 e. The molecule has 0 spiro atoms. The molecule has 0 aliphatic carbocycles. The number of nitrogens with one attached hydrogen (secondary N) is 1. The molecule has 0 saturated heterocycles. The molecule has 0 unspecified atom stereocenters. The maximum atomic E-state index is 6.26. The van der Waals surface area contributed by atoms with Crippen LogP contribution in [0.4, 0.5) is 5.69 Å². The van der Waals surface area contributed by atoms with Crippen molar-refractivity contribution in [3.63, 3.8) is 0 Å². The van der Waals surface area contributed by atoms with Gasteiger partial charge in [0.15, 0.2) is 0 Å². The van der Waals surface area contributed by atoms with Gasteiger partial charge in [-0.25, -0.2) is 4.98 Å². The number of nitrogens with zero attached hydrogens (tertiary/aromatic N) is 1. The highest BCUT2D eigenvalue weighted by Gasteiger charge is 2.09. The second kappa shape index (κ2) is 10.1. The number of fused-ring (bicyclic) bond motifs is 1. The minimum Gasteiger partial charge on any atom is -0.489 e. The molecule has 1 N–H and O–H groups in total. The van der Waals surface area contributed by atoms with Gasteiger partial charge >= 0.3 is 0 Å². The molecule has 3 nitrogen and oxygen atoms in total. The standard InChI is InChI=1S/C28H22Cl2N2OS/c1-18-5-11-25-27(13-18)34-28(32-25)20-6-9-24(10-7-20)31-16-21-15-23(30)8-12-26(21)33-17-19-3-2-4-22(29)14-19/h2-15,31H,16-17H2,1H3. The first-order valence-electron chi connectivity index (χ1n) is 10.9.